The Kier molecular flexibility index (Phi) is 6.15. The predicted octanol–water partition coefficient (Wildman–Crippen LogP) is 3.42. The van der Waals surface area contributed by atoms with Crippen LogP contribution in [0.25, 0.3) is 0 Å². The lowest BCUT2D eigenvalue weighted by atomic mass is 10.1. The van der Waals surface area contributed by atoms with Crippen LogP contribution in [0.15, 0.2) is 35.7 Å². The van der Waals surface area contributed by atoms with E-state index >= 15 is 0 Å². The zero-order valence-electron chi connectivity index (χ0n) is 12.8. The monoisotopic (exact) mass is 352 g/mol. The largest absolute Gasteiger partial charge is 0.383 e. The number of halogens is 1. The molecule has 0 bridgehead atoms. The van der Waals surface area contributed by atoms with Gasteiger partial charge >= 0.3 is 0 Å². The van der Waals surface area contributed by atoms with Gasteiger partial charge in [-0.25, -0.2) is 0 Å². The van der Waals surface area contributed by atoms with Gasteiger partial charge in [0.2, 0.25) is 0 Å². The molecule has 1 unspecified atom stereocenters. The van der Waals surface area contributed by atoms with Gasteiger partial charge in [-0.1, -0.05) is 17.7 Å². The molecular weight excluding hydrogens is 336 g/mol. The number of thiophene rings is 1. The molecule has 1 aromatic heterocycles. The molecule has 122 valence electrons. The Morgan fingerprint density at radius 3 is 2.74 bits per heavy atom. The van der Waals surface area contributed by atoms with Crippen molar-refractivity contribution >= 4 is 40.4 Å². The molecule has 23 heavy (non-hydrogen) atoms. The summed E-state index contributed by atoms with van der Waals surface area (Å²) in [5.74, 6) is -0.509. The van der Waals surface area contributed by atoms with E-state index in [1.165, 1.54) is 11.3 Å². The average Bonchev–Trinajstić information content (AvgIpc) is 3.04. The molecular formula is C16H17ClN2O3S. The van der Waals surface area contributed by atoms with E-state index in [1.54, 1.807) is 37.4 Å². The second-order valence-corrected chi connectivity index (χ2v) is 6.31. The SMILES string of the molecule is COCC(C)NC(=O)c1ccc(Cl)c(NC(=O)c2cccs2)c1. The quantitative estimate of drug-likeness (QED) is 0.837. The molecule has 0 saturated heterocycles. The molecule has 7 heteroatoms. The molecule has 2 N–H and O–H groups in total. The fraction of sp³-hybridized carbons (Fsp3) is 0.250. The summed E-state index contributed by atoms with van der Waals surface area (Å²) in [5.41, 5.74) is 0.816. The third-order valence-electron chi connectivity index (χ3n) is 3.02. The van der Waals surface area contributed by atoms with Crippen molar-refractivity contribution < 1.29 is 14.3 Å². The Morgan fingerprint density at radius 2 is 2.09 bits per heavy atom. The van der Waals surface area contributed by atoms with Crippen molar-refractivity contribution in [2.45, 2.75) is 13.0 Å². The van der Waals surface area contributed by atoms with E-state index < -0.39 is 0 Å². The maximum atomic E-state index is 12.2. The first-order chi connectivity index (χ1) is 11.0. The number of nitrogens with one attached hydrogen (secondary N) is 2. The molecule has 2 aromatic rings. The van der Waals surface area contributed by atoms with Gasteiger partial charge in [0.25, 0.3) is 11.8 Å². The number of carbonyl (C=O) groups is 2. The Balaban J connectivity index is 2.12. The smallest absolute Gasteiger partial charge is 0.265 e. The normalized spacial score (nSPS) is 11.8. The molecule has 0 aliphatic rings. The van der Waals surface area contributed by atoms with E-state index in [-0.39, 0.29) is 17.9 Å². The van der Waals surface area contributed by atoms with Gasteiger partial charge in [0.1, 0.15) is 0 Å². The lowest BCUT2D eigenvalue weighted by molar-refractivity contribution is 0.0905. The lowest BCUT2D eigenvalue weighted by Gasteiger charge is -2.14. The van der Waals surface area contributed by atoms with Crippen LogP contribution in [0.4, 0.5) is 5.69 Å². The van der Waals surface area contributed by atoms with Crippen LogP contribution in [-0.2, 0) is 4.74 Å². The first-order valence-electron chi connectivity index (χ1n) is 6.95. The minimum absolute atomic E-state index is 0.118. The average molecular weight is 353 g/mol. The second-order valence-electron chi connectivity index (χ2n) is 4.96. The van der Waals surface area contributed by atoms with Crippen molar-refractivity contribution in [3.63, 3.8) is 0 Å². The highest BCUT2D eigenvalue weighted by molar-refractivity contribution is 7.12. The molecule has 0 radical (unpaired) electrons. The van der Waals surface area contributed by atoms with E-state index in [4.69, 9.17) is 16.3 Å². The Hall–Kier alpha value is -1.89. The number of methoxy groups -OCH3 is 1. The molecule has 1 heterocycles. The van der Waals surface area contributed by atoms with Crippen molar-refractivity contribution in [1.29, 1.82) is 0 Å². The van der Waals surface area contributed by atoms with E-state index in [1.807, 2.05) is 12.3 Å². The highest BCUT2D eigenvalue weighted by Crippen LogP contribution is 2.24. The zero-order chi connectivity index (χ0) is 16.8. The summed E-state index contributed by atoms with van der Waals surface area (Å²) in [5, 5.41) is 7.72. The van der Waals surface area contributed by atoms with E-state index in [9.17, 15) is 9.59 Å². The van der Waals surface area contributed by atoms with Crippen LogP contribution < -0.4 is 10.6 Å². The second kappa shape index (κ2) is 8.10. The first kappa shape index (κ1) is 17.5. The minimum atomic E-state index is -0.257. The van der Waals surface area contributed by atoms with Crippen molar-refractivity contribution in [2.75, 3.05) is 19.0 Å². The van der Waals surface area contributed by atoms with Gasteiger partial charge < -0.3 is 15.4 Å². The van der Waals surface area contributed by atoms with Gasteiger partial charge in [-0.15, -0.1) is 11.3 Å². The van der Waals surface area contributed by atoms with E-state index in [0.29, 0.717) is 27.8 Å². The standard InChI is InChI=1S/C16H17ClN2O3S/c1-10(9-22-2)18-15(20)11-5-6-12(17)13(8-11)19-16(21)14-4-3-7-23-14/h3-8,10H,9H2,1-2H3,(H,18,20)(H,19,21). The third kappa shape index (κ3) is 4.79. The van der Waals surface area contributed by atoms with Gasteiger partial charge in [-0.3, -0.25) is 9.59 Å². The molecule has 1 aromatic carbocycles. The Morgan fingerprint density at radius 1 is 1.30 bits per heavy atom. The molecule has 5 nitrogen and oxygen atoms in total. The van der Waals surface area contributed by atoms with Crippen molar-refractivity contribution in [3.05, 3.63) is 51.2 Å². The first-order valence-corrected chi connectivity index (χ1v) is 8.21. The van der Waals surface area contributed by atoms with Crippen LogP contribution in [0.1, 0.15) is 27.0 Å². The Bertz CT molecular complexity index is 689. The van der Waals surface area contributed by atoms with Crippen molar-refractivity contribution in [2.24, 2.45) is 0 Å². The number of rotatable bonds is 6. The van der Waals surface area contributed by atoms with Crippen LogP contribution in [0.3, 0.4) is 0 Å². The highest BCUT2D eigenvalue weighted by Gasteiger charge is 2.14. The topological polar surface area (TPSA) is 67.4 Å². The number of benzene rings is 1. The molecule has 0 aliphatic heterocycles. The number of anilines is 1. The number of hydrogen-bond acceptors (Lipinski definition) is 4. The predicted molar refractivity (Wildman–Crippen MR) is 92.5 cm³/mol. The number of ether oxygens (including phenoxy) is 1. The number of hydrogen-bond donors (Lipinski definition) is 2. The summed E-state index contributed by atoms with van der Waals surface area (Å²) in [6.07, 6.45) is 0. The van der Waals surface area contributed by atoms with Crippen molar-refractivity contribution in [1.82, 2.24) is 5.32 Å². The lowest BCUT2D eigenvalue weighted by Crippen LogP contribution is -2.35. The summed E-state index contributed by atoms with van der Waals surface area (Å²) in [6.45, 7) is 2.26. The third-order valence-corrected chi connectivity index (χ3v) is 4.21. The van der Waals surface area contributed by atoms with Crippen LogP contribution >= 0.6 is 22.9 Å². The minimum Gasteiger partial charge on any atom is -0.383 e. The summed E-state index contributed by atoms with van der Waals surface area (Å²) in [7, 11) is 1.57. The highest BCUT2D eigenvalue weighted by atomic mass is 35.5. The Labute approximate surface area is 143 Å². The molecule has 0 fully saturated rings. The van der Waals surface area contributed by atoms with Gasteiger partial charge in [0.05, 0.1) is 22.2 Å². The zero-order valence-corrected chi connectivity index (χ0v) is 14.3. The molecule has 0 spiro atoms. The molecule has 0 aliphatic carbocycles. The number of carbonyl (C=O) groups excluding carboxylic acids is 2. The maximum Gasteiger partial charge on any atom is 0.265 e. The molecule has 2 amide bonds. The summed E-state index contributed by atoms with van der Waals surface area (Å²) >= 11 is 7.43. The molecule has 1 atom stereocenters. The van der Waals surface area contributed by atoms with Gasteiger partial charge in [-0.2, -0.15) is 0 Å². The van der Waals surface area contributed by atoms with Crippen molar-refractivity contribution in [3.8, 4) is 0 Å². The van der Waals surface area contributed by atoms with E-state index in [2.05, 4.69) is 10.6 Å². The fourth-order valence-electron chi connectivity index (χ4n) is 1.95. The van der Waals surface area contributed by atoms with Crippen LogP contribution in [0.2, 0.25) is 5.02 Å². The molecule has 2 rings (SSSR count). The maximum absolute atomic E-state index is 12.2. The number of amides is 2. The van der Waals surface area contributed by atoms with Crippen LogP contribution in [0.5, 0.6) is 0 Å². The van der Waals surface area contributed by atoms with Gasteiger partial charge in [0, 0.05) is 18.7 Å². The van der Waals surface area contributed by atoms with E-state index in [0.717, 1.165) is 0 Å². The van der Waals surface area contributed by atoms with Crippen LogP contribution in [-0.4, -0.2) is 31.6 Å². The van der Waals surface area contributed by atoms with Gasteiger partial charge in [0.15, 0.2) is 0 Å². The summed E-state index contributed by atoms with van der Waals surface area (Å²) in [4.78, 5) is 24.9. The summed E-state index contributed by atoms with van der Waals surface area (Å²) in [6, 6.07) is 8.15. The molecule has 0 saturated carbocycles. The fourth-order valence-corrected chi connectivity index (χ4v) is 2.74. The van der Waals surface area contributed by atoms with Crippen LogP contribution in [0, 0.1) is 0 Å². The van der Waals surface area contributed by atoms with Gasteiger partial charge in [-0.05, 0) is 36.6 Å². The summed E-state index contributed by atoms with van der Waals surface area (Å²) < 4.78 is 4.99.